The molecule has 7 N–H and O–H groups in total. The highest BCUT2D eigenvalue weighted by Gasteiger charge is 2.16. The van der Waals surface area contributed by atoms with E-state index in [0.717, 1.165) is 5.56 Å². The number of carboxylic acids is 1. The number of benzene rings is 2. The van der Waals surface area contributed by atoms with Crippen molar-refractivity contribution in [3.05, 3.63) is 48.7 Å². The van der Waals surface area contributed by atoms with E-state index in [1.165, 1.54) is 24.3 Å². The summed E-state index contributed by atoms with van der Waals surface area (Å²) >= 11 is 0. The minimum atomic E-state index is -1.05. The highest BCUT2D eigenvalue weighted by molar-refractivity contribution is 5.84. The molecule has 9 nitrogen and oxygen atoms in total. The van der Waals surface area contributed by atoms with Gasteiger partial charge >= 0.3 is 5.97 Å². The molecule has 3 aromatic rings. The van der Waals surface area contributed by atoms with Crippen molar-refractivity contribution in [2.45, 2.75) is 18.9 Å². The molecule has 9 heteroatoms. The standard InChI is InChI=1S/C21H22N4O5/c22-17(20(29)30)2-1-9-23-21-24-11-16(12-3-5-13(26)6-4-12)19(25-21)15-8-7-14(27)10-18(15)28/h3-8,10-11,17,26-28H,1-2,9,22H2,(H,29,30)(H,23,24,25). The van der Waals surface area contributed by atoms with E-state index >= 15 is 0 Å². The Morgan fingerprint density at radius 3 is 2.40 bits per heavy atom. The van der Waals surface area contributed by atoms with Gasteiger partial charge in [-0.25, -0.2) is 9.97 Å². The Morgan fingerprint density at radius 2 is 1.73 bits per heavy atom. The monoisotopic (exact) mass is 410 g/mol. The van der Waals surface area contributed by atoms with Gasteiger partial charge in [-0.1, -0.05) is 12.1 Å². The average Bonchev–Trinajstić information content (AvgIpc) is 2.71. The number of hydrogen-bond acceptors (Lipinski definition) is 8. The first-order valence-corrected chi connectivity index (χ1v) is 9.26. The number of phenols is 3. The van der Waals surface area contributed by atoms with E-state index in [-0.39, 0.29) is 17.2 Å². The minimum Gasteiger partial charge on any atom is -0.508 e. The van der Waals surface area contributed by atoms with Crippen LogP contribution in [-0.4, -0.2) is 48.9 Å². The molecule has 0 bridgehead atoms. The van der Waals surface area contributed by atoms with Gasteiger partial charge in [0.15, 0.2) is 0 Å². The summed E-state index contributed by atoms with van der Waals surface area (Å²) in [6.45, 7) is 0.417. The quantitative estimate of drug-likeness (QED) is 0.306. The molecule has 3 rings (SSSR count). The van der Waals surface area contributed by atoms with Crippen LogP contribution >= 0.6 is 0 Å². The van der Waals surface area contributed by atoms with Crippen LogP contribution in [-0.2, 0) is 4.79 Å². The molecule has 156 valence electrons. The van der Waals surface area contributed by atoms with Crippen molar-refractivity contribution in [1.82, 2.24) is 9.97 Å². The molecule has 1 unspecified atom stereocenters. The van der Waals surface area contributed by atoms with Gasteiger partial charge in [-0.05, 0) is 42.7 Å². The minimum absolute atomic E-state index is 0.0791. The predicted molar refractivity (Wildman–Crippen MR) is 111 cm³/mol. The summed E-state index contributed by atoms with van der Waals surface area (Å²) in [5.41, 5.74) is 7.67. The summed E-state index contributed by atoms with van der Waals surface area (Å²) < 4.78 is 0. The van der Waals surface area contributed by atoms with Crippen LogP contribution < -0.4 is 11.1 Å². The van der Waals surface area contributed by atoms with Crippen LogP contribution in [0.25, 0.3) is 22.4 Å². The summed E-state index contributed by atoms with van der Waals surface area (Å²) in [5, 5.41) is 41.3. The zero-order valence-corrected chi connectivity index (χ0v) is 16.0. The first-order valence-electron chi connectivity index (χ1n) is 9.26. The van der Waals surface area contributed by atoms with Crippen molar-refractivity contribution >= 4 is 11.9 Å². The first-order chi connectivity index (χ1) is 14.3. The van der Waals surface area contributed by atoms with Gasteiger partial charge in [-0.3, -0.25) is 4.79 Å². The van der Waals surface area contributed by atoms with Crippen LogP contribution in [0.3, 0.4) is 0 Å². The summed E-state index contributed by atoms with van der Waals surface area (Å²) in [4.78, 5) is 19.6. The summed E-state index contributed by atoms with van der Waals surface area (Å²) in [6, 6.07) is 9.77. The number of aromatic hydroxyl groups is 3. The summed E-state index contributed by atoms with van der Waals surface area (Å²) in [5.74, 6) is -0.859. The predicted octanol–water partition coefficient (Wildman–Crippen LogP) is 2.53. The van der Waals surface area contributed by atoms with E-state index < -0.39 is 12.0 Å². The number of nitrogens with two attached hydrogens (primary N) is 1. The van der Waals surface area contributed by atoms with Crippen molar-refractivity contribution in [2.24, 2.45) is 5.73 Å². The SMILES string of the molecule is NC(CCCNc1ncc(-c2ccc(O)cc2)c(-c2ccc(O)cc2O)n1)C(=O)O. The molecule has 0 spiro atoms. The van der Waals surface area contributed by atoms with Gasteiger partial charge in [0.25, 0.3) is 0 Å². The number of aromatic nitrogens is 2. The Balaban J connectivity index is 1.90. The zero-order valence-electron chi connectivity index (χ0n) is 16.0. The number of rotatable bonds is 8. The van der Waals surface area contributed by atoms with E-state index in [9.17, 15) is 20.1 Å². The van der Waals surface area contributed by atoms with E-state index in [1.54, 1.807) is 24.4 Å². The lowest BCUT2D eigenvalue weighted by molar-refractivity contribution is -0.138. The van der Waals surface area contributed by atoms with E-state index in [4.69, 9.17) is 10.8 Å². The highest BCUT2D eigenvalue weighted by Crippen LogP contribution is 2.37. The Hall–Kier alpha value is -3.85. The summed E-state index contributed by atoms with van der Waals surface area (Å²) in [6.07, 6.45) is 2.40. The maximum atomic E-state index is 10.8. The zero-order chi connectivity index (χ0) is 21.7. The van der Waals surface area contributed by atoms with Crippen molar-refractivity contribution < 1.29 is 25.2 Å². The third-order valence-corrected chi connectivity index (χ3v) is 4.50. The van der Waals surface area contributed by atoms with Gasteiger partial charge in [0.05, 0.1) is 5.69 Å². The third kappa shape index (κ3) is 4.95. The number of phenolic OH excluding ortho intramolecular Hbond substituents is 3. The van der Waals surface area contributed by atoms with Gasteiger partial charge in [0.1, 0.15) is 23.3 Å². The average molecular weight is 410 g/mol. The molecule has 0 amide bonds. The Labute approximate surface area is 172 Å². The lowest BCUT2D eigenvalue weighted by atomic mass is 10.00. The molecule has 1 aromatic heterocycles. The first kappa shape index (κ1) is 20.9. The molecule has 0 fully saturated rings. The topological polar surface area (TPSA) is 162 Å². The fraction of sp³-hybridized carbons (Fsp3) is 0.190. The lowest BCUT2D eigenvalue weighted by Crippen LogP contribution is -2.30. The van der Waals surface area contributed by atoms with Gasteiger partial charge in [-0.2, -0.15) is 0 Å². The fourth-order valence-corrected chi connectivity index (χ4v) is 2.89. The number of aliphatic carboxylic acids is 1. The third-order valence-electron chi connectivity index (χ3n) is 4.50. The molecule has 0 aliphatic carbocycles. The van der Waals surface area contributed by atoms with Crippen LogP contribution in [0, 0.1) is 0 Å². The molecule has 30 heavy (non-hydrogen) atoms. The fourth-order valence-electron chi connectivity index (χ4n) is 2.89. The molecule has 0 aliphatic rings. The number of nitrogens with one attached hydrogen (secondary N) is 1. The van der Waals surface area contributed by atoms with Crippen LogP contribution in [0.15, 0.2) is 48.7 Å². The normalized spacial score (nSPS) is 11.8. The van der Waals surface area contributed by atoms with Crippen molar-refractivity contribution in [3.63, 3.8) is 0 Å². The number of anilines is 1. The van der Waals surface area contributed by atoms with Crippen molar-refractivity contribution in [1.29, 1.82) is 0 Å². The molecule has 0 aliphatic heterocycles. The molecule has 1 atom stereocenters. The smallest absolute Gasteiger partial charge is 0.320 e. The number of carbonyl (C=O) groups is 1. The van der Waals surface area contributed by atoms with Gasteiger partial charge in [0.2, 0.25) is 5.95 Å². The number of nitrogens with zero attached hydrogens (tertiary/aromatic N) is 2. The molecular formula is C21H22N4O5. The Morgan fingerprint density at radius 1 is 1.03 bits per heavy atom. The van der Waals surface area contributed by atoms with E-state index in [2.05, 4.69) is 15.3 Å². The maximum absolute atomic E-state index is 10.8. The highest BCUT2D eigenvalue weighted by atomic mass is 16.4. The van der Waals surface area contributed by atoms with Crippen LogP contribution in [0.5, 0.6) is 17.2 Å². The second kappa shape index (κ2) is 9.10. The molecule has 1 heterocycles. The molecule has 0 radical (unpaired) electrons. The van der Waals surface area contributed by atoms with E-state index in [1.807, 2.05) is 0 Å². The van der Waals surface area contributed by atoms with Crippen LogP contribution in [0.4, 0.5) is 5.95 Å². The molecule has 0 saturated heterocycles. The lowest BCUT2D eigenvalue weighted by Gasteiger charge is -2.13. The number of carboxylic acid groups (broad SMARTS) is 1. The van der Waals surface area contributed by atoms with E-state index in [0.29, 0.717) is 42.2 Å². The van der Waals surface area contributed by atoms with Crippen LogP contribution in [0.2, 0.25) is 0 Å². The molecule has 0 saturated carbocycles. The summed E-state index contributed by atoms with van der Waals surface area (Å²) in [7, 11) is 0. The number of hydrogen-bond donors (Lipinski definition) is 6. The van der Waals surface area contributed by atoms with Crippen molar-refractivity contribution in [3.8, 4) is 39.6 Å². The van der Waals surface area contributed by atoms with Crippen LogP contribution in [0.1, 0.15) is 12.8 Å². The second-order valence-electron chi connectivity index (χ2n) is 6.72. The van der Waals surface area contributed by atoms with Crippen molar-refractivity contribution in [2.75, 3.05) is 11.9 Å². The Bertz CT molecular complexity index is 1040. The second-order valence-corrected chi connectivity index (χ2v) is 6.72. The van der Waals surface area contributed by atoms with Gasteiger partial charge < -0.3 is 31.5 Å². The largest absolute Gasteiger partial charge is 0.508 e. The van der Waals surface area contributed by atoms with Gasteiger partial charge in [0, 0.05) is 29.9 Å². The maximum Gasteiger partial charge on any atom is 0.320 e. The molecule has 2 aromatic carbocycles. The molecular weight excluding hydrogens is 388 g/mol. The Kier molecular flexibility index (Phi) is 6.33. The van der Waals surface area contributed by atoms with Gasteiger partial charge in [-0.15, -0.1) is 0 Å².